The van der Waals surface area contributed by atoms with E-state index in [1.807, 2.05) is 0 Å². The Morgan fingerprint density at radius 3 is 1.54 bits per heavy atom. The molecule has 0 spiro atoms. The molecule has 0 saturated carbocycles. The Kier molecular flexibility index (Phi) is 5.09. The fourth-order valence-electron chi connectivity index (χ4n) is 0.823. The van der Waals surface area contributed by atoms with E-state index in [1.54, 1.807) is 0 Å². The molecule has 1 aromatic carbocycles. The molecule has 1 rings (SSSR count). The van der Waals surface area contributed by atoms with Crippen LogP contribution in [0.1, 0.15) is 0 Å². The Bertz CT molecular complexity index is 277. The maximum atomic E-state index is 12.4. The maximum absolute atomic E-state index is 12.4. The van der Waals surface area contributed by atoms with Crippen molar-refractivity contribution in [2.75, 3.05) is 0 Å². The molecular formula is C6H3BF5K. The molecule has 7 heteroatoms. The summed E-state index contributed by atoms with van der Waals surface area (Å²) < 4.78 is 60.5. The van der Waals surface area contributed by atoms with Gasteiger partial charge in [0, 0.05) is 0 Å². The van der Waals surface area contributed by atoms with E-state index in [0.29, 0.717) is 12.1 Å². The second-order valence-corrected chi connectivity index (χ2v) is 2.21. The van der Waals surface area contributed by atoms with Crippen LogP contribution in [-0.4, -0.2) is 6.98 Å². The molecule has 0 N–H and O–H groups in total. The van der Waals surface area contributed by atoms with Gasteiger partial charge in [0.2, 0.25) is 0 Å². The first-order valence-electron chi connectivity index (χ1n) is 3.07. The molecule has 0 aliphatic carbocycles. The predicted molar refractivity (Wildman–Crippen MR) is 35.1 cm³/mol. The van der Waals surface area contributed by atoms with Crippen molar-refractivity contribution < 1.29 is 73.1 Å². The van der Waals surface area contributed by atoms with Gasteiger partial charge in [0.05, 0.1) is 11.6 Å². The van der Waals surface area contributed by atoms with E-state index in [0.717, 1.165) is 6.07 Å². The van der Waals surface area contributed by atoms with Crippen molar-refractivity contribution in [2.45, 2.75) is 0 Å². The van der Waals surface area contributed by atoms with E-state index in [-0.39, 0.29) is 51.4 Å². The van der Waals surface area contributed by atoms with Crippen LogP contribution in [0.2, 0.25) is 0 Å². The summed E-state index contributed by atoms with van der Waals surface area (Å²) in [5.41, 5.74) is -1.78. The second kappa shape index (κ2) is 4.88. The fourth-order valence-corrected chi connectivity index (χ4v) is 0.823. The van der Waals surface area contributed by atoms with Gasteiger partial charge in [-0.1, -0.05) is 6.07 Å². The Labute approximate surface area is 114 Å². The van der Waals surface area contributed by atoms with Gasteiger partial charge < -0.3 is 12.9 Å². The van der Waals surface area contributed by atoms with Gasteiger partial charge in [-0.3, -0.25) is 0 Å². The molecule has 0 bridgehead atoms. The van der Waals surface area contributed by atoms with Crippen LogP contribution in [0.4, 0.5) is 21.7 Å². The van der Waals surface area contributed by atoms with E-state index in [1.165, 1.54) is 0 Å². The summed E-state index contributed by atoms with van der Waals surface area (Å²) in [6.07, 6.45) is 0. The van der Waals surface area contributed by atoms with Crippen LogP contribution < -0.4 is 56.8 Å². The number of rotatable bonds is 1. The summed E-state index contributed by atoms with van der Waals surface area (Å²) in [6, 6.07) is 2.04. The molecule has 0 nitrogen and oxygen atoms in total. The van der Waals surface area contributed by atoms with Crippen LogP contribution >= 0.6 is 0 Å². The quantitative estimate of drug-likeness (QED) is 0.421. The van der Waals surface area contributed by atoms with E-state index in [9.17, 15) is 21.7 Å². The van der Waals surface area contributed by atoms with Gasteiger partial charge in [-0.2, -0.15) is 0 Å². The molecule has 0 heterocycles. The summed E-state index contributed by atoms with van der Waals surface area (Å²) >= 11 is 0. The van der Waals surface area contributed by atoms with Gasteiger partial charge in [-0.15, -0.1) is 0 Å². The zero-order chi connectivity index (χ0) is 9.35. The third kappa shape index (κ3) is 3.32. The van der Waals surface area contributed by atoms with E-state index in [4.69, 9.17) is 0 Å². The van der Waals surface area contributed by atoms with Crippen molar-refractivity contribution in [1.29, 1.82) is 0 Å². The van der Waals surface area contributed by atoms with Crippen LogP contribution in [0.5, 0.6) is 0 Å². The minimum atomic E-state index is -5.60. The summed E-state index contributed by atoms with van der Waals surface area (Å²) in [5, 5.41) is 0. The molecule has 0 aliphatic rings. The summed E-state index contributed by atoms with van der Waals surface area (Å²) in [7, 11) is 0. The van der Waals surface area contributed by atoms with Gasteiger partial charge in [-0.25, -0.2) is 8.78 Å². The average molecular weight is 220 g/mol. The molecule has 0 aromatic heterocycles. The third-order valence-corrected chi connectivity index (χ3v) is 1.33. The SMILES string of the molecule is Fc1cccc(F)c1[B-](F)(F)F.[K+]. The van der Waals surface area contributed by atoms with Crippen molar-refractivity contribution >= 4 is 12.4 Å². The van der Waals surface area contributed by atoms with Gasteiger partial charge in [0.1, 0.15) is 0 Å². The Morgan fingerprint density at radius 2 is 1.31 bits per heavy atom. The first kappa shape index (κ1) is 13.6. The van der Waals surface area contributed by atoms with Crippen LogP contribution in [0.15, 0.2) is 18.2 Å². The minimum Gasteiger partial charge on any atom is -0.445 e. The first-order chi connectivity index (χ1) is 5.43. The second-order valence-electron chi connectivity index (χ2n) is 2.21. The minimum absolute atomic E-state index is 0. The molecular weight excluding hydrogens is 217 g/mol. The Hall–Kier alpha value is 0.571. The smallest absolute Gasteiger partial charge is 0.445 e. The van der Waals surface area contributed by atoms with Crippen LogP contribution in [-0.2, 0) is 0 Å². The third-order valence-electron chi connectivity index (χ3n) is 1.33. The van der Waals surface area contributed by atoms with Crippen molar-refractivity contribution in [3.63, 3.8) is 0 Å². The molecule has 0 aliphatic heterocycles. The van der Waals surface area contributed by atoms with Crippen molar-refractivity contribution in [1.82, 2.24) is 0 Å². The normalized spacial score (nSPS) is 10.8. The van der Waals surface area contributed by atoms with Crippen molar-refractivity contribution in [3.8, 4) is 0 Å². The van der Waals surface area contributed by atoms with Gasteiger partial charge >= 0.3 is 58.4 Å². The van der Waals surface area contributed by atoms with Crippen LogP contribution in [0, 0.1) is 11.6 Å². The largest absolute Gasteiger partial charge is 1.00 e. The van der Waals surface area contributed by atoms with Gasteiger partial charge in [-0.05, 0) is 17.6 Å². The molecule has 0 saturated heterocycles. The van der Waals surface area contributed by atoms with E-state index in [2.05, 4.69) is 0 Å². The molecule has 0 amide bonds. The fraction of sp³-hybridized carbons (Fsp3) is 0. The summed E-state index contributed by atoms with van der Waals surface area (Å²) in [6.45, 7) is -5.60. The van der Waals surface area contributed by atoms with Crippen molar-refractivity contribution in [2.24, 2.45) is 0 Å². The van der Waals surface area contributed by atoms with Crippen LogP contribution in [0.3, 0.4) is 0 Å². The number of hydrogen-bond donors (Lipinski definition) is 0. The van der Waals surface area contributed by atoms with Gasteiger partial charge in [0.25, 0.3) is 0 Å². The monoisotopic (exact) mass is 220 g/mol. The van der Waals surface area contributed by atoms with Crippen LogP contribution in [0.25, 0.3) is 0 Å². The first-order valence-corrected chi connectivity index (χ1v) is 3.07. The summed E-state index contributed by atoms with van der Waals surface area (Å²) in [4.78, 5) is 0. The number of benzene rings is 1. The zero-order valence-corrected chi connectivity index (χ0v) is 9.82. The number of halogens is 5. The Morgan fingerprint density at radius 1 is 0.923 bits per heavy atom. The number of hydrogen-bond acceptors (Lipinski definition) is 0. The zero-order valence-electron chi connectivity index (χ0n) is 6.70. The Balaban J connectivity index is 0.00000144. The standard InChI is InChI=1S/C6H3BF5.K/c8-4-2-1-3-5(9)6(4)7(10,11)12;/h1-3H;/q-1;+1. The van der Waals surface area contributed by atoms with Crippen molar-refractivity contribution in [3.05, 3.63) is 29.8 Å². The topological polar surface area (TPSA) is 0 Å². The average Bonchev–Trinajstić information content (AvgIpc) is 1.82. The molecule has 0 fully saturated rings. The molecule has 13 heavy (non-hydrogen) atoms. The molecule has 1 aromatic rings. The molecule has 0 atom stereocenters. The molecule has 0 unspecified atom stereocenters. The van der Waals surface area contributed by atoms with Gasteiger partial charge in [0.15, 0.2) is 0 Å². The molecule has 0 radical (unpaired) electrons. The summed E-state index contributed by atoms with van der Waals surface area (Å²) in [5.74, 6) is -3.13. The maximum Gasteiger partial charge on any atom is 1.00 e. The molecule has 66 valence electrons. The van der Waals surface area contributed by atoms with E-state index >= 15 is 0 Å². The van der Waals surface area contributed by atoms with E-state index < -0.39 is 24.1 Å². The predicted octanol–water partition coefficient (Wildman–Crippen LogP) is -0.977.